The molecule has 66 heavy (non-hydrogen) atoms. The summed E-state index contributed by atoms with van der Waals surface area (Å²) in [5, 5.41) is 14.6. The quantitative estimate of drug-likeness (QED) is 0.175. The van der Waals surface area contributed by atoms with Crippen molar-refractivity contribution in [1.82, 2.24) is 4.57 Å². The van der Waals surface area contributed by atoms with E-state index >= 15 is 0 Å². The third kappa shape index (κ3) is 5.59. The minimum atomic E-state index is 0.0776. The average molecular weight is 904 g/mol. The molecule has 0 bridgehead atoms. The van der Waals surface area contributed by atoms with Crippen LogP contribution in [0.3, 0.4) is 0 Å². The number of anilines is 2. The fourth-order valence-electron chi connectivity index (χ4n) is 11.6. The summed E-state index contributed by atoms with van der Waals surface area (Å²) in [5.41, 5.74) is 15.8. The standard InChI is InChI=1S/C60H48BN2S3/c1-58(2,3)32-16-18-33(19-17-32)62-47-31-55-40(41-25-44-45(29-53(41)66-55)60(6,7)23-22-59(44,4)5)24-38(47)36-20-21-37-39-28-52-42(34-12-8-10-14-50(34)64-52)26-48(39)63-49-27-43-35-13-9-11-15-51(35)65-54(43)30-46(49)61-56(36)57(37)63/h8-21,24-31,62H,22-23H2,1-7H3. The van der Waals surface area contributed by atoms with Gasteiger partial charge < -0.3 is 9.88 Å². The largest absolute Gasteiger partial charge is 0.355 e. The van der Waals surface area contributed by atoms with E-state index in [0.717, 1.165) is 11.4 Å². The second-order valence-corrected chi connectivity index (χ2v) is 24.7. The van der Waals surface area contributed by atoms with Gasteiger partial charge in [-0.2, -0.15) is 0 Å². The van der Waals surface area contributed by atoms with E-state index in [1.54, 1.807) is 0 Å². The maximum atomic E-state index is 4.01. The predicted molar refractivity (Wildman–Crippen MR) is 294 cm³/mol. The van der Waals surface area contributed by atoms with Gasteiger partial charge in [0, 0.05) is 99.4 Å². The Morgan fingerprint density at radius 1 is 0.515 bits per heavy atom. The molecule has 14 rings (SSSR count). The van der Waals surface area contributed by atoms with Crippen LogP contribution in [0.2, 0.25) is 0 Å². The lowest BCUT2D eigenvalue weighted by molar-refractivity contribution is 0.332. The Balaban J connectivity index is 1.07. The topological polar surface area (TPSA) is 17.0 Å². The molecule has 0 spiro atoms. The van der Waals surface area contributed by atoms with E-state index in [-0.39, 0.29) is 16.2 Å². The smallest absolute Gasteiger partial charge is 0.197 e. The molecule has 0 fully saturated rings. The summed E-state index contributed by atoms with van der Waals surface area (Å²) in [6, 6.07) is 51.7. The zero-order valence-electron chi connectivity index (χ0n) is 38.4. The van der Waals surface area contributed by atoms with E-state index in [2.05, 4.69) is 199 Å². The number of fused-ring (bicyclic) bond motifs is 15. The summed E-state index contributed by atoms with van der Waals surface area (Å²) in [7, 11) is 2.51. The van der Waals surface area contributed by atoms with Crippen LogP contribution in [0.5, 0.6) is 0 Å². The molecule has 4 aromatic heterocycles. The molecule has 12 aromatic rings. The van der Waals surface area contributed by atoms with E-state index < -0.39 is 0 Å². The Hall–Kier alpha value is -5.92. The summed E-state index contributed by atoms with van der Waals surface area (Å²) in [6.45, 7) is 16.6. The van der Waals surface area contributed by atoms with Crippen LogP contribution in [-0.4, -0.2) is 11.8 Å². The van der Waals surface area contributed by atoms with Crippen LogP contribution in [0, 0.1) is 0 Å². The highest BCUT2D eigenvalue weighted by Crippen LogP contribution is 2.51. The van der Waals surface area contributed by atoms with E-state index in [4.69, 9.17) is 0 Å². The maximum Gasteiger partial charge on any atom is 0.197 e. The number of nitrogens with zero attached hydrogens (tertiary/aromatic N) is 1. The highest BCUT2D eigenvalue weighted by Gasteiger charge is 2.38. The Labute approximate surface area is 397 Å². The number of thiophene rings is 3. The summed E-state index contributed by atoms with van der Waals surface area (Å²) >= 11 is 5.75. The molecule has 1 aliphatic carbocycles. The van der Waals surface area contributed by atoms with Crippen molar-refractivity contribution >= 4 is 146 Å². The van der Waals surface area contributed by atoms with Gasteiger partial charge in [0.15, 0.2) is 7.28 Å². The molecule has 0 amide bonds. The van der Waals surface area contributed by atoms with Crippen molar-refractivity contribution in [3.05, 3.63) is 150 Å². The van der Waals surface area contributed by atoms with Gasteiger partial charge in [-0.15, -0.1) is 34.0 Å². The summed E-state index contributed by atoms with van der Waals surface area (Å²) in [4.78, 5) is 0. The van der Waals surface area contributed by atoms with E-state index in [0.29, 0.717) is 0 Å². The molecule has 1 aliphatic heterocycles. The number of hydrogen-bond donors (Lipinski definition) is 1. The van der Waals surface area contributed by atoms with Crippen molar-refractivity contribution in [2.24, 2.45) is 0 Å². The van der Waals surface area contributed by atoms with Gasteiger partial charge in [-0.1, -0.05) is 115 Å². The van der Waals surface area contributed by atoms with E-state index in [9.17, 15) is 0 Å². The molecule has 1 N–H and O–H groups in total. The molecule has 6 heteroatoms. The van der Waals surface area contributed by atoms with Crippen LogP contribution in [-0.2, 0) is 16.2 Å². The molecule has 0 unspecified atom stereocenters. The molecule has 0 atom stereocenters. The SMILES string of the molecule is CC(C)(C)c1ccc(Nc2cc3sc4cc5c(cc4c3cc2-c2ccc3c4cc6sc7ccccc7c6cc4n4c3c2[B]c2cc3sc6ccccc6c3cc2-4)C(C)(C)CCC5(C)C)cc1. The minimum Gasteiger partial charge on any atom is -0.355 e. The number of rotatable bonds is 3. The van der Waals surface area contributed by atoms with Crippen LogP contribution in [0.1, 0.15) is 78.0 Å². The van der Waals surface area contributed by atoms with Crippen molar-refractivity contribution in [2.45, 2.75) is 77.6 Å². The van der Waals surface area contributed by atoms with Crippen molar-refractivity contribution in [3.8, 4) is 16.8 Å². The van der Waals surface area contributed by atoms with E-state index in [1.165, 1.54) is 140 Å². The maximum absolute atomic E-state index is 4.01. The predicted octanol–water partition coefficient (Wildman–Crippen LogP) is 16.9. The molecule has 2 nitrogen and oxygen atoms in total. The lowest BCUT2D eigenvalue weighted by Crippen LogP contribution is -2.37. The first-order valence-electron chi connectivity index (χ1n) is 23.4. The van der Waals surface area contributed by atoms with Crippen LogP contribution >= 0.6 is 34.0 Å². The van der Waals surface area contributed by atoms with Gasteiger partial charge in [-0.25, -0.2) is 0 Å². The first-order valence-corrected chi connectivity index (χ1v) is 25.9. The molecular weight excluding hydrogens is 856 g/mol. The first-order chi connectivity index (χ1) is 31.8. The molecule has 2 aliphatic rings. The van der Waals surface area contributed by atoms with Gasteiger partial charge in [0.05, 0.1) is 5.52 Å². The fraction of sp³-hybridized carbons (Fsp3) is 0.200. The highest BCUT2D eigenvalue weighted by atomic mass is 32.1. The van der Waals surface area contributed by atoms with Gasteiger partial charge in [-0.05, 0) is 130 Å². The molecule has 319 valence electrons. The molecule has 5 heterocycles. The van der Waals surface area contributed by atoms with Gasteiger partial charge in [0.2, 0.25) is 0 Å². The lowest BCUT2D eigenvalue weighted by Gasteiger charge is -2.41. The third-order valence-electron chi connectivity index (χ3n) is 15.4. The average Bonchev–Trinajstić information content (AvgIpc) is 4.05. The zero-order valence-corrected chi connectivity index (χ0v) is 40.8. The lowest BCUT2D eigenvalue weighted by atomic mass is 9.59. The molecule has 0 saturated carbocycles. The number of benzene rings is 8. The second kappa shape index (κ2) is 13.4. The minimum absolute atomic E-state index is 0.0776. The molecular formula is C60H48BN2S3. The van der Waals surface area contributed by atoms with Crippen LogP contribution in [0.4, 0.5) is 11.4 Å². The van der Waals surface area contributed by atoms with Gasteiger partial charge in [-0.3, -0.25) is 0 Å². The van der Waals surface area contributed by atoms with Crippen LogP contribution in [0.15, 0.2) is 133 Å². The number of nitrogens with one attached hydrogen (secondary N) is 1. The summed E-state index contributed by atoms with van der Waals surface area (Å²) in [5.74, 6) is 0. The van der Waals surface area contributed by atoms with Gasteiger partial charge in [0.1, 0.15) is 0 Å². The number of hydrogen-bond acceptors (Lipinski definition) is 4. The highest BCUT2D eigenvalue weighted by molar-refractivity contribution is 7.26. The normalized spacial score (nSPS) is 15.4. The summed E-state index contributed by atoms with van der Waals surface area (Å²) in [6.07, 6.45) is 2.41. The fourth-order valence-corrected chi connectivity index (χ4v) is 15.0. The Morgan fingerprint density at radius 3 is 1.82 bits per heavy atom. The van der Waals surface area contributed by atoms with Crippen molar-refractivity contribution in [1.29, 1.82) is 0 Å². The molecule has 1 radical (unpaired) electrons. The zero-order chi connectivity index (χ0) is 44.6. The molecule has 8 aromatic carbocycles. The Kier molecular flexibility index (Phi) is 7.96. The van der Waals surface area contributed by atoms with Gasteiger partial charge >= 0.3 is 0 Å². The third-order valence-corrected chi connectivity index (χ3v) is 18.8. The Morgan fingerprint density at radius 2 is 1.11 bits per heavy atom. The van der Waals surface area contributed by atoms with Crippen LogP contribution < -0.4 is 16.2 Å². The van der Waals surface area contributed by atoms with Crippen molar-refractivity contribution in [2.75, 3.05) is 5.32 Å². The van der Waals surface area contributed by atoms with Crippen molar-refractivity contribution < 1.29 is 0 Å². The molecule has 0 saturated heterocycles. The van der Waals surface area contributed by atoms with Gasteiger partial charge in [0.25, 0.3) is 0 Å². The number of aromatic nitrogens is 1. The Bertz CT molecular complexity index is 4090. The second-order valence-electron chi connectivity index (χ2n) is 21.5. The first kappa shape index (κ1) is 39.3. The monoisotopic (exact) mass is 903 g/mol. The summed E-state index contributed by atoms with van der Waals surface area (Å²) < 4.78 is 10.6. The van der Waals surface area contributed by atoms with Crippen molar-refractivity contribution in [3.63, 3.8) is 0 Å². The van der Waals surface area contributed by atoms with Crippen LogP contribution in [0.25, 0.3) is 99.1 Å². The van der Waals surface area contributed by atoms with E-state index in [1.807, 2.05) is 34.0 Å².